The van der Waals surface area contributed by atoms with Crippen molar-refractivity contribution in [1.82, 2.24) is 5.32 Å². The van der Waals surface area contributed by atoms with Crippen LogP contribution < -0.4 is 15.4 Å². The van der Waals surface area contributed by atoms with Crippen LogP contribution in [0.1, 0.15) is 26.7 Å². The van der Waals surface area contributed by atoms with E-state index >= 15 is 0 Å². The van der Waals surface area contributed by atoms with E-state index in [0.717, 1.165) is 18.5 Å². The summed E-state index contributed by atoms with van der Waals surface area (Å²) in [5.74, 6) is -0.471. The lowest BCUT2D eigenvalue weighted by Gasteiger charge is -2.44. The Hall–Kier alpha value is -1.83. The van der Waals surface area contributed by atoms with Crippen molar-refractivity contribution in [3.8, 4) is 5.75 Å². The third-order valence-corrected chi connectivity index (χ3v) is 6.17. The van der Waals surface area contributed by atoms with Gasteiger partial charge in [0.1, 0.15) is 5.75 Å². The zero-order chi connectivity index (χ0) is 17.3. The molecule has 4 rings (SSSR count). The number of benzene rings is 1. The summed E-state index contributed by atoms with van der Waals surface area (Å²) in [6.45, 7) is 4.16. The van der Waals surface area contributed by atoms with E-state index in [1.165, 1.54) is 23.9 Å². The van der Waals surface area contributed by atoms with Gasteiger partial charge in [0.15, 0.2) is 0 Å². The molecular weight excluding hydrogens is 341 g/mol. The van der Waals surface area contributed by atoms with Gasteiger partial charge in [-0.3, -0.25) is 4.79 Å². The molecule has 2 N–H and O–H groups in total. The van der Waals surface area contributed by atoms with Crippen molar-refractivity contribution in [2.45, 2.75) is 43.5 Å². The van der Waals surface area contributed by atoms with Gasteiger partial charge in [0.2, 0.25) is 0 Å². The zero-order valence-corrected chi connectivity index (χ0v) is 13.8. The fourth-order valence-corrected chi connectivity index (χ4v) is 4.56. The van der Waals surface area contributed by atoms with Crippen LogP contribution >= 0.6 is 11.8 Å². The van der Waals surface area contributed by atoms with Crippen molar-refractivity contribution in [3.63, 3.8) is 0 Å². The lowest BCUT2D eigenvalue weighted by Crippen LogP contribution is -2.54. The van der Waals surface area contributed by atoms with Gasteiger partial charge >= 0.3 is 6.36 Å². The molecular formula is C16H15F3N2O2S. The molecule has 0 unspecified atom stereocenters. The average Bonchev–Trinajstić information content (AvgIpc) is 3.24. The number of fused-ring (bicyclic) bond motifs is 1. The molecule has 1 aromatic rings. The van der Waals surface area contributed by atoms with Crippen LogP contribution in [0, 0.1) is 5.41 Å². The summed E-state index contributed by atoms with van der Waals surface area (Å²) in [6.07, 6.45) is -2.88. The molecule has 2 aliphatic heterocycles. The maximum Gasteiger partial charge on any atom is 0.573 e. The second-order valence-corrected chi connectivity index (χ2v) is 7.85. The molecule has 4 nitrogen and oxygen atoms in total. The Labute approximate surface area is 140 Å². The maximum atomic E-state index is 12.5. The molecule has 1 spiro atoms. The number of ether oxygens (including phenoxy) is 1. The highest BCUT2D eigenvalue weighted by Crippen LogP contribution is 2.59. The highest BCUT2D eigenvalue weighted by atomic mass is 32.2. The number of anilines is 1. The monoisotopic (exact) mass is 356 g/mol. The lowest BCUT2D eigenvalue weighted by molar-refractivity contribution is -0.274. The minimum absolute atomic E-state index is 0.174. The number of nitrogens with one attached hydrogen (secondary N) is 2. The number of halogens is 3. The van der Waals surface area contributed by atoms with Crippen molar-refractivity contribution in [2.75, 3.05) is 5.32 Å². The first-order chi connectivity index (χ1) is 11.1. The molecule has 24 heavy (non-hydrogen) atoms. The van der Waals surface area contributed by atoms with E-state index in [0.29, 0.717) is 15.5 Å². The van der Waals surface area contributed by atoms with E-state index in [4.69, 9.17) is 0 Å². The van der Waals surface area contributed by atoms with E-state index in [2.05, 4.69) is 29.2 Å². The third-order valence-electron chi connectivity index (χ3n) is 5.02. The first-order valence-electron chi connectivity index (χ1n) is 7.53. The second kappa shape index (κ2) is 4.62. The van der Waals surface area contributed by atoms with Gasteiger partial charge in [-0.2, -0.15) is 0 Å². The van der Waals surface area contributed by atoms with Gasteiger partial charge in [0.25, 0.3) is 5.91 Å². The van der Waals surface area contributed by atoms with Crippen LogP contribution in [0.4, 0.5) is 18.9 Å². The van der Waals surface area contributed by atoms with E-state index in [1.807, 2.05) is 0 Å². The summed E-state index contributed by atoms with van der Waals surface area (Å²) in [4.78, 5) is 13.5. The lowest BCUT2D eigenvalue weighted by atomic mass is 9.76. The van der Waals surface area contributed by atoms with Gasteiger partial charge < -0.3 is 15.4 Å². The van der Waals surface area contributed by atoms with Gasteiger partial charge in [-0.05, 0) is 31.0 Å². The fraction of sp³-hybridized carbons (Fsp3) is 0.438. The van der Waals surface area contributed by atoms with Crippen LogP contribution in [0.2, 0.25) is 0 Å². The Morgan fingerprint density at radius 1 is 1.25 bits per heavy atom. The molecule has 1 saturated carbocycles. The molecule has 1 aromatic carbocycles. The summed E-state index contributed by atoms with van der Waals surface area (Å²) in [7, 11) is 0. The average molecular weight is 356 g/mol. The van der Waals surface area contributed by atoms with Crippen LogP contribution in [0.5, 0.6) is 5.75 Å². The third kappa shape index (κ3) is 2.27. The maximum absolute atomic E-state index is 12.5. The molecule has 2 heterocycles. The summed E-state index contributed by atoms with van der Waals surface area (Å²) in [5.41, 5.74) is 1.05. The summed E-state index contributed by atoms with van der Waals surface area (Å²) < 4.78 is 41.1. The summed E-state index contributed by atoms with van der Waals surface area (Å²) >= 11 is 1.18. The number of amides is 1. The number of carbonyl (C=O) groups excluding carboxylic acids is 1. The van der Waals surface area contributed by atoms with Crippen molar-refractivity contribution in [3.05, 3.63) is 28.8 Å². The molecule has 8 heteroatoms. The van der Waals surface area contributed by atoms with Gasteiger partial charge in [-0.25, -0.2) is 0 Å². The molecule has 1 aliphatic carbocycles. The number of carbonyl (C=O) groups is 1. The van der Waals surface area contributed by atoms with Crippen molar-refractivity contribution in [1.29, 1.82) is 0 Å². The molecule has 0 aromatic heterocycles. The zero-order valence-electron chi connectivity index (χ0n) is 13.0. The van der Waals surface area contributed by atoms with Crippen molar-refractivity contribution < 1.29 is 22.7 Å². The minimum atomic E-state index is -4.74. The fourth-order valence-electron chi connectivity index (χ4n) is 3.38. The van der Waals surface area contributed by atoms with Gasteiger partial charge in [-0.15, -0.1) is 13.2 Å². The minimum Gasteiger partial charge on any atom is -0.406 e. The Morgan fingerprint density at radius 3 is 2.58 bits per heavy atom. The van der Waals surface area contributed by atoms with E-state index < -0.39 is 6.36 Å². The predicted molar refractivity (Wildman–Crippen MR) is 83.5 cm³/mol. The Balaban J connectivity index is 1.71. The molecule has 1 fully saturated rings. The predicted octanol–water partition coefficient (Wildman–Crippen LogP) is 4.00. The molecule has 128 valence electrons. The van der Waals surface area contributed by atoms with Crippen LogP contribution in [0.15, 0.2) is 33.7 Å². The Bertz CT molecular complexity index is 782. The first-order valence-corrected chi connectivity index (χ1v) is 8.35. The van der Waals surface area contributed by atoms with Crippen LogP contribution in [-0.2, 0) is 4.79 Å². The summed E-state index contributed by atoms with van der Waals surface area (Å²) in [6, 6.07) is 4.12. The molecule has 0 saturated heterocycles. The SMILES string of the molecule is CC1(C)C2=C(Sc3cc(OC(F)(F)F)ccc3N2)C(=O)NC12CC2. The van der Waals surface area contributed by atoms with Crippen LogP contribution in [-0.4, -0.2) is 17.8 Å². The van der Waals surface area contributed by atoms with Gasteiger partial charge in [0.05, 0.1) is 16.1 Å². The molecule has 3 aliphatic rings. The number of rotatable bonds is 1. The van der Waals surface area contributed by atoms with E-state index in [-0.39, 0.29) is 22.6 Å². The largest absolute Gasteiger partial charge is 0.573 e. The van der Waals surface area contributed by atoms with Crippen molar-refractivity contribution >= 4 is 23.4 Å². The van der Waals surface area contributed by atoms with Crippen LogP contribution in [0.25, 0.3) is 0 Å². The summed E-state index contributed by atoms with van der Waals surface area (Å²) in [5, 5.41) is 6.34. The normalized spacial score (nSPS) is 23.1. The Morgan fingerprint density at radius 2 is 1.96 bits per heavy atom. The number of thioether (sulfide) groups is 1. The van der Waals surface area contributed by atoms with Gasteiger partial charge in [-0.1, -0.05) is 25.6 Å². The van der Waals surface area contributed by atoms with Gasteiger partial charge in [0, 0.05) is 16.0 Å². The molecule has 1 amide bonds. The first kappa shape index (κ1) is 15.7. The number of alkyl halides is 3. The number of hydrogen-bond acceptors (Lipinski definition) is 4. The molecule has 0 atom stereocenters. The van der Waals surface area contributed by atoms with E-state index in [1.54, 1.807) is 6.07 Å². The van der Waals surface area contributed by atoms with Crippen LogP contribution in [0.3, 0.4) is 0 Å². The van der Waals surface area contributed by atoms with E-state index in [9.17, 15) is 18.0 Å². The second-order valence-electron chi connectivity index (χ2n) is 6.80. The Kier molecular flexibility index (Phi) is 3.02. The van der Waals surface area contributed by atoms with Crippen molar-refractivity contribution in [2.24, 2.45) is 5.41 Å². The number of hydrogen-bond donors (Lipinski definition) is 2. The standard InChI is InChI=1S/C16H15F3N2O2S/c1-14(2)12-11(13(22)21-15(14)5-6-15)24-10-7-8(23-16(17,18)19)3-4-9(10)20-12/h3-4,7,20H,5-6H2,1-2H3,(H,21,22). The highest BCUT2D eigenvalue weighted by molar-refractivity contribution is 8.04. The smallest absolute Gasteiger partial charge is 0.406 e. The molecule has 0 radical (unpaired) electrons. The molecule has 0 bridgehead atoms. The quantitative estimate of drug-likeness (QED) is 0.799. The topological polar surface area (TPSA) is 50.4 Å². The highest BCUT2D eigenvalue weighted by Gasteiger charge is 2.61.